The molecule has 0 saturated carbocycles. The van der Waals surface area contributed by atoms with Crippen LogP contribution in [0.5, 0.6) is 5.75 Å². The number of carbonyl (C=O) groups is 1. The molecule has 1 amide bonds. The summed E-state index contributed by atoms with van der Waals surface area (Å²) in [5.74, 6) is 0.602. The van der Waals surface area contributed by atoms with Crippen molar-refractivity contribution in [1.82, 2.24) is 4.90 Å². The predicted octanol–water partition coefficient (Wildman–Crippen LogP) is 2.86. The van der Waals surface area contributed by atoms with E-state index in [9.17, 15) is 13.2 Å². The number of thiocarbonyl (C=S) groups is 1. The summed E-state index contributed by atoms with van der Waals surface area (Å²) < 4.78 is 29.6. The van der Waals surface area contributed by atoms with Crippen LogP contribution in [0.15, 0.2) is 29.2 Å². The first-order valence-electron chi connectivity index (χ1n) is 8.10. The molecule has 134 valence electrons. The summed E-state index contributed by atoms with van der Waals surface area (Å²) in [6, 6.07) is 7.17. The Kier molecular flexibility index (Phi) is 5.50. The van der Waals surface area contributed by atoms with Gasteiger partial charge < -0.3 is 4.74 Å². The molecule has 0 spiro atoms. The molecule has 25 heavy (non-hydrogen) atoms. The number of hydrogen-bond donors (Lipinski definition) is 0. The average Bonchev–Trinajstić information content (AvgIpc) is 3.05. The quantitative estimate of drug-likeness (QED) is 0.562. The van der Waals surface area contributed by atoms with Crippen LogP contribution in [0.25, 0.3) is 6.08 Å². The topological polar surface area (TPSA) is 63.7 Å². The van der Waals surface area contributed by atoms with Crippen LogP contribution in [0.3, 0.4) is 0 Å². The molecule has 8 heteroatoms. The van der Waals surface area contributed by atoms with Gasteiger partial charge in [0.1, 0.15) is 10.1 Å². The third-order valence-corrected chi connectivity index (χ3v) is 7.15. The number of benzene rings is 1. The van der Waals surface area contributed by atoms with Gasteiger partial charge in [-0.15, -0.1) is 0 Å². The molecule has 1 atom stereocenters. The van der Waals surface area contributed by atoms with Crippen LogP contribution in [-0.4, -0.2) is 47.7 Å². The smallest absolute Gasteiger partial charge is 0.266 e. The molecule has 5 nitrogen and oxygen atoms in total. The number of thioether (sulfide) groups is 1. The zero-order valence-electron chi connectivity index (χ0n) is 13.8. The van der Waals surface area contributed by atoms with Crippen LogP contribution in [0.1, 0.15) is 25.3 Å². The zero-order valence-corrected chi connectivity index (χ0v) is 16.3. The largest absolute Gasteiger partial charge is 0.493 e. The molecule has 0 unspecified atom stereocenters. The van der Waals surface area contributed by atoms with Crippen LogP contribution in [-0.2, 0) is 14.6 Å². The van der Waals surface area contributed by atoms with E-state index in [1.807, 2.05) is 31.2 Å². The third kappa shape index (κ3) is 4.07. The molecule has 2 fully saturated rings. The van der Waals surface area contributed by atoms with Gasteiger partial charge in [0.2, 0.25) is 0 Å². The molecule has 0 aliphatic carbocycles. The van der Waals surface area contributed by atoms with Crippen molar-refractivity contribution in [2.45, 2.75) is 25.8 Å². The molecule has 0 N–H and O–H groups in total. The summed E-state index contributed by atoms with van der Waals surface area (Å²) in [6.45, 7) is 2.63. The Morgan fingerprint density at radius 2 is 2.16 bits per heavy atom. The number of nitrogens with zero attached hydrogens (tertiary/aromatic N) is 1. The van der Waals surface area contributed by atoms with Crippen LogP contribution in [0.2, 0.25) is 0 Å². The Morgan fingerprint density at radius 3 is 2.84 bits per heavy atom. The maximum Gasteiger partial charge on any atom is 0.266 e. The van der Waals surface area contributed by atoms with Crippen molar-refractivity contribution in [3.8, 4) is 5.75 Å². The summed E-state index contributed by atoms with van der Waals surface area (Å²) in [5.41, 5.74) is 0.815. The number of rotatable bonds is 5. The van der Waals surface area contributed by atoms with E-state index in [1.54, 1.807) is 6.08 Å². The number of ether oxygens (including phenoxy) is 1. The lowest BCUT2D eigenvalue weighted by Gasteiger charge is -2.20. The lowest BCUT2D eigenvalue weighted by Crippen LogP contribution is -2.39. The van der Waals surface area contributed by atoms with Gasteiger partial charge in [0, 0.05) is 5.56 Å². The Morgan fingerprint density at radius 1 is 1.40 bits per heavy atom. The zero-order chi connectivity index (χ0) is 18.0. The Hall–Kier alpha value is -1.38. The summed E-state index contributed by atoms with van der Waals surface area (Å²) in [7, 11) is -3.08. The van der Waals surface area contributed by atoms with E-state index >= 15 is 0 Å². The van der Waals surface area contributed by atoms with Gasteiger partial charge in [-0.3, -0.25) is 9.69 Å². The summed E-state index contributed by atoms with van der Waals surface area (Å²) in [6.07, 6.45) is 3.11. The van der Waals surface area contributed by atoms with E-state index in [2.05, 4.69) is 0 Å². The molecule has 0 radical (unpaired) electrons. The first-order chi connectivity index (χ1) is 11.9. The number of para-hydroxylation sites is 1. The second-order valence-electron chi connectivity index (χ2n) is 5.99. The fourth-order valence-corrected chi connectivity index (χ4v) is 5.95. The highest BCUT2D eigenvalue weighted by Crippen LogP contribution is 2.37. The Bertz CT molecular complexity index is 832. The van der Waals surface area contributed by atoms with Crippen molar-refractivity contribution in [1.29, 1.82) is 0 Å². The average molecular weight is 398 g/mol. The second kappa shape index (κ2) is 7.47. The van der Waals surface area contributed by atoms with Gasteiger partial charge in [0.05, 0.1) is 29.1 Å². The van der Waals surface area contributed by atoms with Crippen molar-refractivity contribution in [2.75, 3.05) is 18.1 Å². The van der Waals surface area contributed by atoms with Crippen LogP contribution in [0, 0.1) is 0 Å². The Labute approximate surface area is 157 Å². The second-order valence-corrected chi connectivity index (χ2v) is 9.90. The van der Waals surface area contributed by atoms with Gasteiger partial charge in [-0.05, 0) is 25.0 Å². The molecule has 0 aromatic heterocycles. The summed E-state index contributed by atoms with van der Waals surface area (Å²) in [5, 5.41) is 0. The lowest BCUT2D eigenvalue weighted by atomic mass is 10.1. The van der Waals surface area contributed by atoms with E-state index in [1.165, 1.54) is 16.7 Å². The van der Waals surface area contributed by atoms with Crippen molar-refractivity contribution in [3.05, 3.63) is 34.7 Å². The first-order valence-corrected chi connectivity index (χ1v) is 11.1. The highest BCUT2D eigenvalue weighted by Gasteiger charge is 2.42. The van der Waals surface area contributed by atoms with Gasteiger partial charge >= 0.3 is 0 Å². The number of carbonyl (C=O) groups excluding carboxylic acids is 1. The van der Waals surface area contributed by atoms with Crippen molar-refractivity contribution >= 4 is 50.1 Å². The molecule has 2 aliphatic rings. The minimum Gasteiger partial charge on any atom is -0.493 e. The van der Waals surface area contributed by atoms with E-state index in [0.29, 0.717) is 22.3 Å². The van der Waals surface area contributed by atoms with Gasteiger partial charge in [0.15, 0.2) is 9.84 Å². The molecular weight excluding hydrogens is 378 g/mol. The van der Waals surface area contributed by atoms with Crippen LogP contribution in [0.4, 0.5) is 0 Å². The number of amides is 1. The normalized spacial score (nSPS) is 24.3. The van der Waals surface area contributed by atoms with Gasteiger partial charge in [-0.25, -0.2) is 8.42 Å². The summed E-state index contributed by atoms with van der Waals surface area (Å²) in [4.78, 5) is 14.7. The highest BCUT2D eigenvalue weighted by atomic mass is 32.2. The molecule has 0 bridgehead atoms. The molecule has 2 heterocycles. The van der Waals surface area contributed by atoms with Gasteiger partial charge in [-0.1, -0.05) is 49.1 Å². The molecule has 1 aromatic rings. The molecule has 3 rings (SSSR count). The standard InChI is InChI=1S/C17H19NO4S3/c1-2-8-22-14-6-4-3-5-12(14)10-15-16(19)18(17(23)24-15)13-7-9-25(20,21)11-13/h3-6,10,13H,2,7-9,11H2,1H3/b15-10-/t13-/m0/s1. The minimum absolute atomic E-state index is 0.0110. The monoisotopic (exact) mass is 397 g/mol. The highest BCUT2D eigenvalue weighted by molar-refractivity contribution is 8.26. The third-order valence-electron chi connectivity index (χ3n) is 4.06. The lowest BCUT2D eigenvalue weighted by molar-refractivity contribution is -0.123. The predicted molar refractivity (Wildman–Crippen MR) is 104 cm³/mol. The van der Waals surface area contributed by atoms with Crippen molar-refractivity contribution in [3.63, 3.8) is 0 Å². The van der Waals surface area contributed by atoms with E-state index in [-0.39, 0.29) is 23.5 Å². The maximum absolute atomic E-state index is 12.8. The van der Waals surface area contributed by atoms with E-state index < -0.39 is 9.84 Å². The van der Waals surface area contributed by atoms with Crippen LogP contribution < -0.4 is 4.74 Å². The van der Waals surface area contributed by atoms with Crippen molar-refractivity contribution < 1.29 is 17.9 Å². The molecular formula is C17H19NO4S3. The Balaban J connectivity index is 1.84. The maximum atomic E-state index is 12.8. The number of sulfone groups is 1. The van der Waals surface area contributed by atoms with E-state index in [4.69, 9.17) is 17.0 Å². The minimum atomic E-state index is -3.08. The fourth-order valence-electron chi connectivity index (χ4n) is 2.86. The first kappa shape index (κ1) is 18.4. The number of hydrogen-bond acceptors (Lipinski definition) is 6. The summed E-state index contributed by atoms with van der Waals surface area (Å²) >= 11 is 6.54. The van der Waals surface area contributed by atoms with Crippen LogP contribution >= 0.6 is 24.0 Å². The fraction of sp³-hybridized carbons (Fsp3) is 0.412. The molecule has 2 aliphatic heterocycles. The van der Waals surface area contributed by atoms with Crippen molar-refractivity contribution in [2.24, 2.45) is 0 Å². The van der Waals surface area contributed by atoms with Gasteiger partial charge in [-0.2, -0.15) is 0 Å². The van der Waals surface area contributed by atoms with Gasteiger partial charge in [0.25, 0.3) is 5.91 Å². The van der Waals surface area contributed by atoms with E-state index in [0.717, 1.165) is 17.7 Å². The molecule has 1 aromatic carbocycles. The molecule has 2 saturated heterocycles. The SMILES string of the molecule is CCCOc1ccccc1/C=C1\SC(=S)N([C@H]2CCS(=O)(=O)C2)C1=O.